The number of piperidine rings is 1. The molecule has 0 aliphatic carbocycles. The van der Waals surface area contributed by atoms with E-state index in [1.807, 2.05) is 0 Å². The summed E-state index contributed by atoms with van der Waals surface area (Å²) in [4.78, 5) is 2.40. The summed E-state index contributed by atoms with van der Waals surface area (Å²) in [6.45, 7) is 17.3. The van der Waals surface area contributed by atoms with E-state index in [-0.39, 0.29) is 17.2 Å². The molecule has 0 spiro atoms. The monoisotopic (exact) mass is 255 g/mol. The molecule has 1 rings (SSSR count). The minimum Gasteiger partial charge on any atom is -0.391 e. The highest BCUT2D eigenvalue weighted by molar-refractivity contribution is 5.09. The third-order valence-corrected chi connectivity index (χ3v) is 3.62. The molecule has 1 unspecified atom stereocenters. The second-order valence-electron chi connectivity index (χ2n) is 6.91. The van der Waals surface area contributed by atoms with Crippen LogP contribution in [-0.4, -0.2) is 39.9 Å². The zero-order valence-corrected chi connectivity index (χ0v) is 12.8. The molecule has 1 aliphatic rings. The van der Waals surface area contributed by atoms with Crippen molar-refractivity contribution in [1.29, 1.82) is 0 Å². The Morgan fingerprint density at radius 1 is 1.33 bits per heavy atom. The van der Waals surface area contributed by atoms with Crippen LogP contribution in [0, 0.1) is 0 Å². The third kappa shape index (κ3) is 3.48. The quantitative estimate of drug-likeness (QED) is 0.838. The van der Waals surface area contributed by atoms with Crippen molar-refractivity contribution in [1.82, 2.24) is 4.90 Å². The van der Waals surface area contributed by atoms with Crippen molar-refractivity contribution in [2.75, 3.05) is 6.61 Å². The molecule has 1 aliphatic heterocycles. The number of nitrogens with zero attached hydrogens (tertiary/aromatic N) is 1. The summed E-state index contributed by atoms with van der Waals surface area (Å²) in [5, 5.41) is 9.33. The van der Waals surface area contributed by atoms with Crippen LogP contribution in [0.25, 0.3) is 0 Å². The lowest BCUT2D eigenvalue weighted by molar-refractivity contribution is -0.0997. The van der Waals surface area contributed by atoms with Crippen molar-refractivity contribution < 1.29 is 9.84 Å². The largest absolute Gasteiger partial charge is 0.391 e. The van der Waals surface area contributed by atoms with Crippen LogP contribution in [0.1, 0.15) is 54.4 Å². The van der Waals surface area contributed by atoms with Crippen molar-refractivity contribution in [3.63, 3.8) is 0 Å². The van der Waals surface area contributed by atoms with Gasteiger partial charge in [-0.15, -0.1) is 0 Å². The molecule has 0 bridgehead atoms. The Balaban J connectivity index is 2.81. The Hall–Kier alpha value is -0.540. The van der Waals surface area contributed by atoms with Gasteiger partial charge in [-0.1, -0.05) is 6.58 Å². The van der Waals surface area contributed by atoms with Crippen LogP contribution in [0.15, 0.2) is 12.3 Å². The molecule has 1 fully saturated rings. The second kappa shape index (κ2) is 5.22. The standard InChI is InChI=1S/C15H29NO2/c1-11(2)16-14(4,5)8-13(9-15(16,6)7)18-10-12(3)17/h12-13,17H,1,8-10H2,2-7H3. The summed E-state index contributed by atoms with van der Waals surface area (Å²) >= 11 is 0. The number of hydrogen-bond donors (Lipinski definition) is 1. The molecular weight excluding hydrogens is 226 g/mol. The summed E-state index contributed by atoms with van der Waals surface area (Å²) < 4.78 is 5.84. The molecule has 1 heterocycles. The van der Waals surface area contributed by atoms with Gasteiger partial charge in [-0.25, -0.2) is 0 Å². The number of rotatable bonds is 4. The zero-order chi connectivity index (χ0) is 14.1. The molecule has 1 N–H and O–H groups in total. The average molecular weight is 255 g/mol. The fraction of sp³-hybridized carbons (Fsp3) is 0.867. The van der Waals surface area contributed by atoms with Gasteiger partial charge in [0.25, 0.3) is 0 Å². The summed E-state index contributed by atoms with van der Waals surface area (Å²) in [7, 11) is 0. The number of hydrogen-bond acceptors (Lipinski definition) is 3. The summed E-state index contributed by atoms with van der Waals surface area (Å²) in [6, 6.07) is 0. The highest BCUT2D eigenvalue weighted by atomic mass is 16.5. The summed E-state index contributed by atoms with van der Waals surface area (Å²) in [6.07, 6.45) is 1.75. The van der Waals surface area contributed by atoms with Gasteiger partial charge in [0.2, 0.25) is 0 Å². The first kappa shape index (κ1) is 15.5. The third-order valence-electron chi connectivity index (χ3n) is 3.62. The molecule has 0 aromatic heterocycles. The summed E-state index contributed by atoms with van der Waals surface area (Å²) in [5.41, 5.74) is 1.19. The fourth-order valence-corrected chi connectivity index (χ4v) is 3.61. The van der Waals surface area contributed by atoms with Crippen LogP contribution in [0.2, 0.25) is 0 Å². The first-order chi connectivity index (χ1) is 8.06. The number of aliphatic hydroxyl groups excluding tert-OH is 1. The molecule has 0 saturated carbocycles. The van der Waals surface area contributed by atoms with E-state index < -0.39 is 6.10 Å². The Morgan fingerprint density at radius 2 is 1.78 bits per heavy atom. The maximum absolute atomic E-state index is 9.33. The van der Waals surface area contributed by atoms with E-state index in [0.29, 0.717) is 6.61 Å². The van der Waals surface area contributed by atoms with Crippen LogP contribution in [0.3, 0.4) is 0 Å². The van der Waals surface area contributed by atoms with Gasteiger partial charge in [0, 0.05) is 16.8 Å². The van der Waals surface area contributed by atoms with E-state index in [1.54, 1.807) is 6.92 Å². The number of allylic oxidation sites excluding steroid dienone is 1. The Bertz CT molecular complexity index is 290. The fourth-order valence-electron chi connectivity index (χ4n) is 3.61. The minimum absolute atomic E-state index is 0.0386. The maximum Gasteiger partial charge on any atom is 0.0745 e. The van der Waals surface area contributed by atoms with E-state index in [0.717, 1.165) is 18.5 Å². The number of likely N-dealkylation sites (tertiary alicyclic amines) is 1. The van der Waals surface area contributed by atoms with Crippen molar-refractivity contribution in [2.24, 2.45) is 0 Å². The highest BCUT2D eigenvalue weighted by Gasteiger charge is 2.45. The second-order valence-corrected chi connectivity index (χ2v) is 6.91. The molecule has 1 saturated heterocycles. The minimum atomic E-state index is -0.393. The van der Waals surface area contributed by atoms with Gasteiger partial charge in [-0.3, -0.25) is 0 Å². The molecule has 18 heavy (non-hydrogen) atoms. The molecule has 1 atom stereocenters. The lowest BCUT2D eigenvalue weighted by atomic mass is 9.77. The lowest BCUT2D eigenvalue weighted by Gasteiger charge is -2.56. The van der Waals surface area contributed by atoms with Crippen molar-refractivity contribution in [3.05, 3.63) is 12.3 Å². The molecule has 106 valence electrons. The van der Waals surface area contributed by atoms with Gasteiger partial charge >= 0.3 is 0 Å². The lowest BCUT2D eigenvalue weighted by Crippen LogP contribution is -2.61. The van der Waals surface area contributed by atoms with Crippen molar-refractivity contribution in [2.45, 2.75) is 77.7 Å². The van der Waals surface area contributed by atoms with Crippen LogP contribution >= 0.6 is 0 Å². The Labute approximate surface area is 112 Å². The van der Waals surface area contributed by atoms with Gasteiger partial charge in [0.05, 0.1) is 18.8 Å². The topological polar surface area (TPSA) is 32.7 Å². The Morgan fingerprint density at radius 3 is 2.11 bits per heavy atom. The van der Waals surface area contributed by atoms with Gasteiger partial charge < -0.3 is 14.7 Å². The van der Waals surface area contributed by atoms with Crippen LogP contribution in [-0.2, 0) is 4.74 Å². The smallest absolute Gasteiger partial charge is 0.0745 e. The first-order valence-electron chi connectivity index (χ1n) is 6.82. The van der Waals surface area contributed by atoms with Gasteiger partial charge in [-0.05, 0) is 54.4 Å². The van der Waals surface area contributed by atoms with Crippen LogP contribution in [0.5, 0.6) is 0 Å². The van der Waals surface area contributed by atoms with E-state index in [4.69, 9.17) is 4.74 Å². The summed E-state index contributed by atoms with van der Waals surface area (Å²) in [5.74, 6) is 0. The average Bonchev–Trinajstić information content (AvgIpc) is 2.09. The molecule has 3 nitrogen and oxygen atoms in total. The van der Waals surface area contributed by atoms with Crippen molar-refractivity contribution >= 4 is 0 Å². The van der Waals surface area contributed by atoms with Gasteiger partial charge in [-0.2, -0.15) is 0 Å². The molecule has 0 radical (unpaired) electrons. The maximum atomic E-state index is 9.33. The van der Waals surface area contributed by atoms with E-state index in [1.165, 1.54) is 0 Å². The predicted octanol–water partition coefficient (Wildman–Crippen LogP) is 2.94. The first-order valence-corrected chi connectivity index (χ1v) is 6.82. The zero-order valence-electron chi connectivity index (χ0n) is 12.8. The highest BCUT2D eigenvalue weighted by Crippen LogP contribution is 2.41. The van der Waals surface area contributed by atoms with E-state index >= 15 is 0 Å². The van der Waals surface area contributed by atoms with E-state index in [2.05, 4.69) is 46.1 Å². The molecule has 0 aromatic rings. The van der Waals surface area contributed by atoms with Crippen LogP contribution < -0.4 is 0 Å². The molecular formula is C15H29NO2. The molecule has 0 aromatic carbocycles. The van der Waals surface area contributed by atoms with Crippen LogP contribution in [0.4, 0.5) is 0 Å². The predicted molar refractivity (Wildman–Crippen MR) is 75.5 cm³/mol. The normalized spacial score (nSPS) is 24.9. The SMILES string of the molecule is C=C(C)N1C(C)(C)CC(OCC(C)O)CC1(C)C. The van der Waals surface area contributed by atoms with Gasteiger partial charge in [0.1, 0.15) is 0 Å². The number of ether oxygens (including phenoxy) is 1. The van der Waals surface area contributed by atoms with E-state index in [9.17, 15) is 5.11 Å². The molecule has 3 heteroatoms. The number of aliphatic hydroxyl groups is 1. The molecule has 0 amide bonds. The Kier molecular flexibility index (Phi) is 4.50. The van der Waals surface area contributed by atoms with Gasteiger partial charge in [0.15, 0.2) is 0 Å². The van der Waals surface area contributed by atoms with Crippen molar-refractivity contribution in [3.8, 4) is 0 Å².